The topological polar surface area (TPSA) is 77.4 Å². The van der Waals surface area contributed by atoms with Gasteiger partial charge in [0.1, 0.15) is 17.3 Å². The fourth-order valence-electron chi connectivity index (χ4n) is 8.52. The van der Waals surface area contributed by atoms with Crippen molar-refractivity contribution in [3.05, 3.63) is 0 Å². The van der Waals surface area contributed by atoms with E-state index in [-0.39, 0.29) is 29.1 Å². The van der Waals surface area contributed by atoms with Gasteiger partial charge in [-0.25, -0.2) is 0 Å². The maximum absolute atomic E-state index is 12.0. The molecule has 6 heteroatoms. The standard InChI is InChI=1S/C20H30O6/c1-10-8-24-14-13(21)19-12-7-11(16(2,3)4)17(19)5-6-23-15(17)26-18(19,9-25-12)20(10,14)22/h10-15,21-22H,5-9H2,1-4H3/t10-,11+,12?,13+,14?,15+,17?,18?,19?,20-/m1/s1. The summed E-state index contributed by atoms with van der Waals surface area (Å²) in [6.07, 6.45) is -0.199. The van der Waals surface area contributed by atoms with Gasteiger partial charge < -0.3 is 29.2 Å². The first-order chi connectivity index (χ1) is 12.2. The Morgan fingerprint density at radius 2 is 1.88 bits per heavy atom. The molecule has 6 aliphatic rings. The highest BCUT2D eigenvalue weighted by atomic mass is 16.7. The lowest BCUT2D eigenvalue weighted by molar-refractivity contribution is -0.245. The van der Waals surface area contributed by atoms with Crippen molar-refractivity contribution in [2.75, 3.05) is 19.8 Å². The van der Waals surface area contributed by atoms with E-state index in [1.165, 1.54) is 0 Å². The SMILES string of the molecule is C[C@@H]1COC2[C@H](O)C34C5C[C@@H](C(C)(C)C)C36CCO[C@H]6OC4(CO5)[C@]21O. The minimum atomic E-state index is -1.24. The van der Waals surface area contributed by atoms with E-state index in [2.05, 4.69) is 20.8 Å². The highest BCUT2D eigenvalue weighted by Gasteiger charge is 2.97. The predicted molar refractivity (Wildman–Crippen MR) is 90.2 cm³/mol. The van der Waals surface area contributed by atoms with Crippen molar-refractivity contribution in [2.24, 2.45) is 28.1 Å². The van der Waals surface area contributed by atoms with Crippen molar-refractivity contribution < 1.29 is 29.2 Å². The lowest BCUT2D eigenvalue weighted by atomic mass is 9.52. The molecule has 0 aromatic heterocycles. The molecule has 4 aliphatic heterocycles. The molecular formula is C20H30O6. The Balaban J connectivity index is 1.65. The highest BCUT2D eigenvalue weighted by molar-refractivity contribution is 5.42. The van der Waals surface area contributed by atoms with Crippen molar-refractivity contribution in [2.45, 2.75) is 76.3 Å². The Morgan fingerprint density at radius 3 is 2.62 bits per heavy atom. The van der Waals surface area contributed by atoms with Gasteiger partial charge in [0.15, 0.2) is 6.29 Å². The Labute approximate surface area is 154 Å². The first-order valence-electron chi connectivity index (χ1n) is 10.1. The van der Waals surface area contributed by atoms with E-state index in [4.69, 9.17) is 18.9 Å². The zero-order valence-corrected chi connectivity index (χ0v) is 16.0. The summed E-state index contributed by atoms with van der Waals surface area (Å²) in [7, 11) is 0. The maximum atomic E-state index is 12.0. The molecule has 0 aromatic rings. The quantitative estimate of drug-likeness (QED) is 0.668. The van der Waals surface area contributed by atoms with Crippen LogP contribution in [0.4, 0.5) is 0 Å². The summed E-state index contributed by atoms with van der Waals surface area (Å²) in [6.45, 7) is 10.2. The van der Waals surface area contributed by atoms with Gasteiger partial charge in [-0.15, -0.1) is 0 Å². The minimum Gasteiger partial charge on any atom is -0.389 e. The number of hydrogen-bond donors (Lipinski definition) is 2. The van der Waals surface area contributed by atoms with Crippen LogP contribution >= 0.6 is 0 Å². The predicted octanol–water partition coefficient (Wildman–Crippen LogP) is 1.08. The van der Waals surface area contributed by atoms with Gasteiger partial charge in [-0.2, -0.15) is 0 Å². The number of fused-ring (bicyclic) bond motifs is 1. The van der Waals surface area contributed by atoms with E-state index in [0.717, 1.165) is 12.8 Å². The van der Waals surface area contributed by atoms with Crippen LogP contribution in [0.25, 0.3) is 0 Å². The normalized spacial score (nSPS) is 65.3. The summed E-state index contributed by atoms with van der Waals surface area (Å²) in [4.78, 5) is 0. The van der Waals surface area contributed by atoms with Crippen molar-refractivity contribution in [1.29, 1.82) is 0 Å². The van der Waals surface area contributed by atoms with Gasteiger partial charge in [0.25, 0.3) is 0 Å². The van der Waals surface area contributed by atoms with Gasteiger partial charge in [-0.3, -0.25) is 0 Å². The Bertz CT molecular complexity index is 676. The molecule has 2 aliphatic carbocycles. The molecule has 0 bridgehead atoms. The van der Waals surface area contributed by atoms with Gasteiger partial charge in [-0.05, 0) is 24.2 Å². The second-order valence-electron chi connectivity index (χ2n) is 10.7. The van der Waals surface area contributed by atoms with Crippen LogP contribution in [0.1, 0.15) is 40.5 Å². The van der Waals surface area contributed by atoms with E-state index >= 15 is 0 Å². The van der Waals surface area contributed by atoms with Gasteiger partial charge >= 0.3 is 0 Å². The largest absolute Gasteiger partial charge is 0.389 e. The van der Waals surface area contributed by atoms with E-state index in [0.29, 0.717) is 25.7 Å². The Hall–Kier alpha value is -0.240. The summed E-state index contributed by atoms with van der Waals surface area (Å²) >= 11 is 0. The van der Waals surface area contributed by atoms with Crippen molar-refractivity contribution >= 4 is 0 Å². The van der Waals surface area contributed by atoms with Gasteiger partial charge in [-0.1, -0.05) is 27.7 Å². The van der Waals surface area contributed by atoms with Crippen LogP contribution < -0.4 is 0 Å². The Morgan fingerprint density at radius 1 is 1.12 bits per heavy atom. The molecule has 2 spiro atoms. The summed E-state index contributed by atoms with van der Waals surface area (Å²) < 4.78 is 25.1. The molecule has 6 fully saturated rings. The van der Waals surface area contributed by atoms with Crippen molar-refractivity contribution in [1.82, 2.24) is 0 Å². The average molecular weight is 366 g/mol. The van der Waals surface area contributed by atoms with Crippen LogP contribution in [-0.4, -0.2) is 65.8 Å². The molecule has 10 atom stereocenters. The molecular weight excluding hydrogens is 336 g/mol. The van der Waals surface area contributed by atoms with Crippen molar-refractivity contribution in [3.63, 3.8) is 0 Å². The van der Waals surface area contributed by atoms with E-state index < -0.39 is 28.8 Å². The average Bonchev–Trinajstić information content (AvgIpc) is 3.29. The van der Waals surface area contributed by atoms with Crippen LogP contribution in [0, 0.1) is 28.1 Å². The third-order valence-electron chi connectivity index (χ3n) is 9.18. The van der Waals surface area contributed by atoms with Crippen LogP contribution in [0.15, 0.2) is 0 Å². The van der Waals surface area contributed by atoms with E-state index in [1.54, 1.807) is 0 Å². The van der Waals surface area contributed by atoms with Crippen molar-refractivity contribution in [3.8, 4) is 0 Å². The molecule has 5 unspecified atom stereocenters. The monoisotopic (exact) mass is 366 g/mol. The number of aliphatic hydroxyl groups excluding tert-OH is 1. The second-order valence-corrected chi connectivity index (χ2v) is 10.7. The van der Waals surface area contributed by atoms with E-state index in [1.807, 2.05) is 6.92 Å². The highest BCUT2D eigenvalue weighted by Crippen LogP contribution is 2.84. The van der Waals surface area contributed by atoms with Gasteiger partial charge in [0, 0.05) is 11.3 Å². The first-order valence-corrected chi connectivity index (χ1v) is 10.1. The zero-order valence-electron chi connectivity index (χ0n) is 16.0. The molecule has 0 amide bonds. The summed E-state index contributed by atoms with van der Waals surface area (Å²) in [6, 6.07) is 0. The molecule has 6 nitrogen and oxygen atoms in total. The third-order valence-corrected chi connectivity index (χ3v) is 9.18. The molecule has 146 valence electrons. The maximum Gasteiger partial charge on any atom is 0.165 e. The number of rotatable bonds is 0. The molecule has 26 heavy (non-hydrogen) atoms. The lowest BCUT2D eigenvalue weighted by Crippen LogP contribution is -2.63. The third kappa shape index (κ3) is 1.24. The number of aliphatic hydroxyl groups is 2. The molecule has 4 saturated heterocycles. The molecule has 0 radical (unpaired) electrons. The molecule has 2 saturated carbocycles. The van der Waals surface area contributed by atoms with Crippen LogP contribution in [0.5, 0.6) is 0 Å². The van der Waals surface area contributed by atoms with Gasteiger partial charge in [0.05, 0.1) is 37.4 Å². The smallest absolute Gasteiger partial charge is 0.165 e. The van der Waals surface area contributed by atoms with Gasteiger partial charge in [0.2, 0.25) is 0 Å². The molecule has 6 rings (SSSR count). The number of ether oxygens (including phenoxy) is 4. The lowest BCUT2D eigenvalue weighted by Gasteiger charge is -2.48. The molecule has 2 N–H and O–H groups in total. The van der Waals surface area contributed by atoms with Crippen LogP contribution in [-0.2, 0) is 18.9 Å². The number of hydrogen-bond acceptors (Lipinski definition) is 6. The van der Waals surface area contributed by atoms with Crippen LogP contribution in [0.2, 0.25) is 0 Å². The fraction of sp³-hybridized carbons (Fsp3) is 1.00. The first kappa shape index (κ1) is 16.7. The van der Waals surface area contributed by atoms with Crippen LogP contribution in [0.3, 0.4) is 0 Å². The minimum absolute atomic E-state index is 0.0281. The summed E-state index contributed by atoms with van der Waals surface area (Å²) in [5.41, 5.74) is -3.16. The van der Waals surface area contributed by atoms with E-state index in [9.17, 15) is 10.2 Å². The summed E-state index contributed by atoms with van der Waals surface area (Å²) in [5, 5.41) is 23.7. The zero-order chi connectivity index (χ0) is 18.3. The fourth-order valence-corrected chi connectivity index (χ4v) is 8.52. The summed E-state index contributed by atoms with van der Waals surface area (Å²) in [5.74, 6) is 0.176. The molecule has 0 aromatic carbocycles. The second kappa shape index (κ2) is 4.34. The Kier molecular flexibility index (Phi) is 2.79. The molecule has 4 heterocycles.